The molecule has 0 atom stereocenters. The van der Waals surface area contributed by atoms with Gasteiger partial charge >= 0.3 is 0 Å². The molecule has 1 aromatic heterocycles. The van der Waals surface area contributed by atoms with Gasteiger partial charge in [-0.3, -0.25) is 4.79 Å². The minimum Gasteiger partial charge on any atom is -0.493 e. The fraction of sp³-hybridized carbons (Fsp3) is 0.312. The fourth-order valence-electron chi connectivity index (χ4n) is 2.09. The van der Waals surface area contributed by atoms with Crippen molar-refractivity contribution in [1.29, 1.82) is 0 Å². The molecule has 1 amide bonds. The van der Waals surface area contributed by atoms with E-state index in [0.29, 0.717) is 39.6 Å². The number of amides is 1. The molecule has 0 bridgehead atoms. The predicted molar refractivity (Wildman–Crippen MR) is 94.3 cm³/mol. The SMILES string of the molecule is CCOc1c(Cl)cc(C(=O)N(C)Cc2ccc(Cl)s2)cc1OC. The largest absolute Gasteiger partial charge is 0.493 e. The van der Waals surface area contributed by atoms with Crippen molar-refractivity contribution in [1.82, 2.24) is 4.90 Å². The zero-order valence-electron chi connectivity index (χ0n) is 13.1. The van der Waals surface area contributed by atoms with E-state index in [1.807, 2.05) is 19.1 Å². The van der Waals surface area contributed by atoms with Gasteiger partial charge in [0.1, 0.15) is 0 Å². The molecule has 0 saturated carbocycles. The van der Waals surface area contributed by atoms with Crippen molar-refractivity contribution in [2.45, 2.75) is 13.5 Å². The van der Waals surface area contributed by atoms with Crippen LogP contribution in [-0.2, 0) is 6.54 Å². The third-order valence-electron chi connectivity index (χ3n) is 3.13. The average Bonchev–Trinajstić information content (AvgIpc) is 2.93. The van der Waals surface area contributed by atoms with E-state index in [-0.39, 0.29) is 5.91 Å². The zero-order valence-corrected chi connectivity index (χ0v) is 15.4. The van der Waals surface area contributed by atoms with Gasteiger partial charge in [0.2, 0.25) is 0 Å². The van der Waals surface area contributed by atoms with Gasteiger partial charge in [0.05, 0.1) is 29.6 Å². The number of rotatable bonds is 6. The molecule has 0 aliphatic carbocycles. The van der Waals surface area contributed by atoms with Crippen molar-refractivity contribution in [2.24, 2.45) is 0 Å². The molecule has 23 heavy (non-hydrogen) atoms. The lowest BCUT2D eigenvalue weighted by atomic mass is 10.1. The van der Waals surface area contributed by atoms with E-state index in [1.54, 1.807) is 24.1 Å². The van der Waals surface area contributed by atoms with Crippen LogP contribution in [0.15, 0.2) is 24.3 Å². The number of hydrogen-bond acceptors (Lipinski definition) is 4. The highest BCUT2D eigenvalue weighted by atomic mass is 35.5. The summed E-state index contributed by atoms with van der Waals surface area (Å²) in [6.45, 7) is 2.79. The van der Waals surface area contributed by atoms with E-state index in [4.69, 9.17) is 32.7 Å². The lowest BCUT2D eigenvalue weighted by Gasteiger charge is -2.18. The monoisotopic (exact) mass is 373 g/mol. The Morgan fingerprint density at radius 2 is 2.04 bits per heavy atom. The molecule has 1 heterocycles. The Kier molecular flexibility index (Phi) is 6.16. The minimum atomic E-state index is -0.155. The van der Waals surface area contributed by atoms with Crippen LogP contribution in [-0.4, -0.2) is 31.6 Å². The first kappa shape index (κ1) is 17.9. The third kappa shape index (κ3) is 4.31. The number of hydrogen-bond donors (Lipinski definition) is 0. The van der Waals surface area contributed by atoms with E-state index in [9.17, 15) is 4.79 Å². The quantitative estimate of drug-likeness (QED) is 0.734. The van der Waals surface area contributed by atoms with E-state index >= 15 is 0 Å². The van der Waals surface area contributed by atoms with Gasteiger partial charge in [0.25, 0.3) is 5.91 Å². The summed E-state index contributed by atoms with van der Waals surface area (Å²) in [6, 6.07) is 6.95. The van der Waals surface area contributed by atoms with Crippen LogP contribution in [0.25, 0.3) is 0 Å². The second-order valence-electron chi connectivity index (χ2n) is 4.79. The molecule has 7 heteroatoms. The zero-order chi connectivity index (χ0) is 17.0. The molecule has 0 N–H and O–H groups in total. The molecule has 0 fully saturated rings. The molecule has 0 unspecified atom stereocenters. The van der Waals surface area contributed by atoms with Gasteiger partial charge < -0.3 is 14.4 Å². The number of thiophene rings is 1. The van der Waals surface area contributed by atoms with Gasteiger partial charge in [-0.25, -0.2) is 0 Å². The highest BCUT2D eigenvalue weighted by Gasteiger charge is 2.18. The molecule has 0 aliphatic rings. The standard InChI is InChI=1S/C16H17Cl2NO3S/c1-4-22-15-12(17)7-10(8-13(15)21-3)16(20)19(2)9-11-5-6-14(18)23-11/h5-8H,4,9H2,1-3H3. The predicted octanol–water partition coefficient (Wildman–Crippen LogP) is 4.73. The first-order chi connectivity index (χ1) is 11.0. The maximum Gasteiger partial charge on any atom is 0.254 e. The highest BCUT2D eigenvalue weighted by Crippen LogP contribution is 2.36. The van der Waals surface area contributed by atoms with Crippen LogP contribution in [0, 0.1) is 0 Å². The van der Waals surface area contributed by atoms with Crippen molar-refractivity contribution < 1.29 is 14.3 Å². The van der Waals surface area contributed by atoms with Crippen molar-refractivity contribution in [3.05, 3.63) is 44.1 Å². The summed E-state index contributed by atoms with van der Waals surface area (Å²) >= 11 is 13.6. The van der Waals surface area contributed by atoms with Gasteiger partial charge in [-0.1, -0.05) is 23.2 Å². The number of halogens is 2. The summed E-state index contributed by atoms with van der Waals surface area (Å²) in [5, 5.41) is 0.349. The number of benzene rings is 1. The molecule has 4 nitrogen and oxygen atoms in total. The van der Waals surface area contributed by atoms with Crippen LogP contribution >= 0.6 is 34.5 Å². The lowest BCUT2D eigenvalue weighted by molar-refractivity contribution is 0.0786. The molecule has 1 aromatic carbocycles. The third-order valence-corrected chi connectivity index (χ3v) is 4.63. The number of carbonyl (C=O) groups is 1. The van der Waals surface area contributed by atoms with E-state index in [2.05, 4.69) is 0 Å². The van der Waals surface area contributed by atoms with Gasteiger partial charge in [0.15, 0.2) is 11.5 Å². The van der Waals surface area contributed by atoms with Crippen molar-refractivity contribution in [2.75, 3.05) is 20.8 Å². The molecule has 124 valence electrons. The van der Waals surface area contributed by atoms with Crippen LogP contribution in [0.1, 0.15) is 22.2 Å². The van der Waals surface area contributed by atoms with E-state index in [1.165, 1.54) is 18.4 Å². The summed E-state index contributed by atoms with van der Waals surface area (Å²) in [5.41, 5.74) is 0.445. The normalized spacial score (nSPS) is 10.5. The Bertz CT molecular complexity index is 703. The maximum absolute atomic E-state index is 12.6. The number of methoxy groups -OCH3 is 1. The van der Waals surface area contributed by atoms with Gasteiger partial charge in [-0.15, -0.1) is 11.3 Å². The smallest absolute Gasteiger partial charge is 0.254 e. The van der Waals surface area contributed by atoms with Crippen LogP contribution in [0.5, 0.6) is 11.5 Å². The molecular formula is C16H17Cl2NO3S. The first-order valence-corrected chi connectivity index (χ1v) is 8.53. The van der Waals surface area contributed by atoms with E-state index < -0.39 is 0 Å². The Morgan fingerprint density at radius 3 is 2.61 bits per heavy atom. The molecule has 0 radical (unpaired) electrons. The molecule has 0 saturated heterocycles. The van der Waals surface area contributed by atoms with Gasteiger partial charge in [0, 0.05) is 17.5 Å². The second kappa shape index (κ2) is 7.90. The molecule has 2 aromatic rings. The van der Waals surface area contributed by atoms with Crippen molar-refractivity contribution >= 4 is 40.4 Å². The molecular weight excluding hydrogens is 357 g/mol. The Hall–Kier alpha value is -1.43. The number of nitrogens with zero attached hydrogens (tertiary/aromatic N) is 1. The van der Waals surface area contributed by atoms with Crippen LogP contribution in [0.2, 0.25) is 9.36 Å². The lowest BCUT2D eigenvalue weighted by Crippen LogP contribution is -2.25. The van der Waals surface area contributed by atoms with E-state index in [0.717, 1.165) is 4.88 Å². The second-order valence-corrected chi connectivity index (χ2v) is 7.00. The van der Waals surface area contributed by atoms with Gasteiger partial charge in [-0.2, -0.15) is 0 Å². The Morgan fingerprint density at radius 1 is 1.30 bits per heavy atom. The van der Waals surface area contributed by atoms with Crippen LogP contribution in [0.4, 0.5) is 0 Å². The average molecular weight is 374 g/mol. The Labute approximate surface area is 149 Å². The number of carbonyl (C=O) groups excluding carboxylic acids is 1. The molecule has 0 spiro atoms. The van der Waals surface area contributed by atoms with Crippen molar-refractivity contribution in [3.8, 4) is 11.5 Å². The fourth-order valence-corrected chi connectivity index (χ4v) is 3.50. The summed E-state index contributed by atoms with van der Waals surface area (Å²) in [6.07, 6.45) is 0. The summed E-state index contributed by atoms with van der Waals surface area (Å²) < 4.78 is 11.4. The first-order valence-electron chi connectivity index (χ1n) is 6.96. The van der Waals surface area contributed by atoms with Crippen molar-refractivity contribution in [3.63, 3.8) is 0 Å². The Balaban J connectivity index is 2.22. The molecule has 0 aliphatic heterocycles. The highest BCUT2D eigenvalue weighted by molar-refractivity contribution is 7.16. The van der Waals surface area contributed by atoms with Gasteiger partial charge in [-0.05, 0) is 31.2 Å². The molecule has 2 rings (SSSR count). The maximum atomic E-state index is 12.6. The topological polar surface area (TPSA) is 38.8 Å². The summed E-state index contributed by atoms with van der Waals surface area (Å²) in [7, 11) is 3.24. The minimum absolute atomic E-state index is 0.155. The summed E-state index contributed by atoms with van der Waals surface area (Å²) in [4.78, 5) is 15.2. The van der Waals surface area contributed by atoms with Crippen LogP contribution < -0.4 is 9.47 Å². The van der Waals surface area contributed by atoms with Crippen LogP contribution in [0.3, 0.4) is 0 Å². The summed E-state index contributed by atoms with van der Waals surface area (Å²) in [5.74, 6) is 0.731. The number of ether oxygens (including phenoxy) is 2.